The molecular weight excluding hydrogens is 195 g/mol. The molecule has 1 heterocycles. The van der Waals surface area contributed by atoms with Crippen LogP contribution in [0, 0.1) is 5.82 Å². The highest BCUT2D eigenvalue weighted by atomic mass is 19.1. The lowest BCUT2D eigenvalue weighted by Gasteiger charge is -1.99. The molecule has 4 heteroatoms. The van der Waals surface area contributed by atoms with Gasteiger partial charge in [0, 0.05) is 12.0 Å². The van der Waals surface area contributed by atoms with Gasteiger partial charge >= 0.3 is 0 Å². The van der Waals surface area contributed by atoms with Crippen LogP contribution in [0.5, 0.6) is 0 Å². The van der Waals surface area contributed by atoms with Gasteiger partial charge in [-0.05, 0) is 30.8 Å². The first-order valence-corrected chi connectivity index (χ1v) is 4.69. The molecule has 0 radical (unpaired) electrons. The van der Waals surface area contributed by atoms with Crippen molar-refractivity contribution in [3.05, 3.63) is 42.2 Å². The van der Waals surface area contributed by atoms with Crippen LogP contribution in [-0.2, 0) is 6.42 Å². The van der Waals surface area contributed by atoms with E-state index in [4.69, 9.17) is 10.2 Å². The third-order valence-electron chi connectivity index (χ3n) is 2.13. The zero-order chi connectivity index (χ0) is 10.7. The number of nitrogens with zero attached hydrogens (tertiary/aromatic N) is 1. The maximum atomic E-state index is 12.7. The summed E-state index contributed by atoms with van der Waals surface area (Å²) >= 11 is 0. The van der Waals surface area contributed by atoms with Crippen LogP contribution in [0.25, 0.3) is 11.3 Å². The predicted octanol–water partition coefficient (Wildman–Crippen LogP) is 1.98. The van der Waals surface area contributed by atoms with Crippen LogP contribution in [0.1, 0.15) is 5.76 Å². The maximum absolute atomic E-state index is 12.7. The van der Waals surface area contributed by atoms with Crippen molar-refractivity contribution in [2.24, 2.45) is 5.73 Å². The molecule has 0 fully saturated rings. The topological polar surface area (TPSA) is 52.0 Å². The Balaban J connectivity index is 2.36. The van der Waals surface area contributed by atoms with E-state index < -0.39 is 0 Å². The van der Waals surface area contributed by atoms with E-state index in [-0.39, 0.29) is 5.82 Å². The minimum Gasteiger partial charge on any atom is -0.448 e. The first-order valence-electron chi connectivity index (χ1n) is 4.69. The minimum atomic E-state index is -0.261. The van der Waals surface area contributed by atoms with E-state index in [0.717, 1.165) is 17.0 Å². The molecule has 2 N–H and O–H groups in total. The molecule has 0 unspecified atom stereocenters. The van der Waals surface area contributed by atoms with Gasteiger partial charge in [0.05, 0.1) is 0 Å². The Hall–Kier alpha value is -1.68. The van der Waals surface area contributed by atoms with Gasteiger partial charge < -0.3 is 10.2 Å². The number of benzene rings is 1. The van der Waals surface area contributed by atoms with Gasteiger partial charge in [0.15, 0.2) is 6.39 Å². The van der Waals surface area contributed by atoms with Gasteiger partial charge in [0.1, 0.15) is 17.3 Å². The Kier molecular flexibility index (Phi) is 2.78. The summed E-state index contributed by atoms with van der Waals surface area (Å²) in [5.41, 5.74) is 7.02. The van der Waals surface area contributed by atoms with Gasteiger partial charge in [-0.3, -0.25) is 0 Å². The average molecular weight is 206 g/mol. The molecule has 0 spiro atoms. The molecule has 0 saturated heterocycles. The van der Waals surface area contributed by atoms with E-state index in [0.29, 0.717) is 13.0 Å². The zero-order valence-corrected chi connectivity index (χ0v) is 8.11. The summed E-state index contributed by atoms with van der Waals surface area (Å²) in [6, 6.07) is 6.15. The van der Waals surface area contributed by atoms with E-state index in [2.05, 4.69) is 4.98 Å². The minimum absolute atomic E-state index is 0.261. The number of oxazole rings is 1. The Bertz CT molecular complexity index is 436. The molecule has 2 aromatic rings. The van der Waals surface area contributed by atoms with Crippen molar-refractivity contribution >= 4 is 0 Å². The van der Waals surface area contributed by atoms with Crippen LogP contribution in [0.4, 0.5) is 4.39 Å². The van der Waals surface area contributed by atoms with Crippen LogP contribution in [-0.4, -0.2) is 11.5 Å². The average Bonchev–Trinajstić information content (AvgIpc) is 2.68. The largest absolute Gasteiger partial charge is 0.448 e. The van der Waals surface area contributed by atoms with E-state index in [1.807, 2.05) is 0 Å². The second-order valence-corrected chi connectivity index (χ2v) is 3.17. The molecule has 0 aliphatic heterocycles. The summed E-state index contributed by atoms with van der Waals surface area (Å²) in [6.07, 6.45) is 2.01. The number of nitrogens with two attached hydrogens (primary N) is 1. The Morgan fingerprint density at radius 1 is 1.27 bits per heavy atom. The van der Waals surface area contributed by atoms with Gasteiger partial charge in [0.2, 0.25) is 0 Å². The highest BCUT2D eigenvalue weighted by Crippen LogP contribution is 2.22. The molecule has 1 aromatic carbocycles. The summed E-state index contributed by atoms with van der Waals surface area (Å²) in [5.74, 6) is 0.478. The first kappa shape index (κ1) is 9.86. The monoisotopic (exact) mass is 206 g/mol. The fourth-order valence-corrected chi connectivity index (χ4v) is 1.42. The number of halogens is 1. The van der Waals surface area contributed by atoms with Crippen LogP contribution in [0.15, 0.2) is 35.1 Å². The zero-order valence-electron chi connectivity index (χ0n) is 8.11. The molecule has 0 amide bonds. The molecule has 1 aromatic heterocycles. The fourth-order valence-electron chi connectivity index (χ4n) is 1.42. The van der Waals surface area contributed by atoms with Gasteiger partial charge in [-0.25, -0.2) is 9.37 Å². The van der Waals surface area contributed by atoms with Crippen molar-refractivity contribution < 1.29 is 8.81 Å². The standard InChI is InChI=1S/C11H11FN2O/c12-9-3-1-8(2-4-9)11-10(5-6-13)15-7-14-11/h1-4,7H,5-6,13H2. The van der Waals surface area contributed by atoms with Gasteiger partial charge in [-0.15, -0.1) is 0 Å². The lowest BCUT2D eigenvalue weighted by molar-refractivity contribution is 0.506. The fraction of sp³-hybridized carbons (Fsp3) is 0.182. The van der Waals surface area contributed by atoms with Crippen molar-refractivity contribution in [2.45, 2.75) is 6.42 Å². The second-order valence-electron chi connectivity index (χ2n) is 3.17. The molecule has 0 aliphatic rings. The van der Waals surface area contributed by atoms with Gasteiger partial charge in [0.25, 0.3) is 0 Å². The second kappa shape index (κ2) is 4.23. The van der Waals surface area contributed by atoms with E-state index in [9.17, 15) is 4.39 Å². The summed E-state index contributed by atoms with van der Waals surface area (Å²) in [4.78, 5) is 4.09. The summed E-state index contributed by atoms with van der Waals surface area (Å²) in [7, 11) is 0. The number of hydrogen-bond donors (Lipinski definition) is 1. The number of aromatic nitrogens is 1. The first-order chi connectivity index (χ1) is 7.31. The molecule has 0 saturated carbocycles. The SMILES string of the molecule is NCCc1ocnc1-c1ccc(F)cc1. The van der Waals surface area contributed by atoms with Crippen LogP contribution < -0.4 is 5.73 Å². The lowest BCUT2D eigenvalue weighted by atomic mass is 10.1. The van der Waals surface area contributed by atoms with E-state index in [1.54, 1.807) is 12.1 Å². The van der Waals surface area contributed by atoms with Crippen LogP contribution in [0.2, 0.25) is 0 Å². The molecule has 78 valence electrons. The lowest BCUT2D eigenvalue weighted by Crippen LogP contribution is -2.02. The van der Waals surface area contributed by atoms with E-state index >= 15 is 0 Å². The van der Waals surface area contributed by atoms with E-state index in [1.165, 1.54) is 18.5 Å². The number of rotatable bonds is 3. The molecule has 3 nitrogen and oxygen atoms in total. The Morgan fingerprint density at radius 3 is 2.67 bits per heavy atom. The summed E-state index contributed by atoms with van der Waals surface area (Å²) in [5, 5.41) is 0. The quantitative estimate of drug-likeness (QED) is 0.835. The smallest absolute Gasteiger partial charge is 0.181 e. The van der Waals surface area contributed by atoms with Crippen molar-refractivity contribution in [1.29, 1.82) is 0 Å². The molecule has 0 atom stereocenters. The van der Waals surface area contributed by atoms with Crippen molar-refractivity contribution in [3.8, 4) is 11.3 Å². The third-order valence-corrected chi connectivity index (χ3v) is 2.13. The predicted molar refractivity (Wildman–Crippen MR) is 54.7 cm³/mol. The summed E-state index contributed by atoms with van der Waals surface area (Å²) < 4.78 is 17.9. The molecule has 0 bridgehead atoms. The molecular formula is C11H11FN2O. The third kappa shape index (κ3) is 2.05. The van der Waals surface area contributed by atoms with Crippen molar-refractivity contribution in [1.82, 2.24) is 4.98 Å². The van der Waals surface area contributed by atoms with Gasteiger partial charge in [-0.1, -0.05) is 0 Å². The normalized spacial score (nSPS) is 10.5. The maximum Gasteiger partial charge on any atom is 0.181 e. The van der Waals surface area contributed by atoms with Crippen LogP contribution >= 0.6 is 0 Å². The molecule has 0 aliphatic carbocycles. The Morgan fingerprint density at radius 2 is 2.00 bits per heavy atom. The van der Waals surface area contributed by atoms with Crippen molar-refractivity contribution in [2.75, 3.05) is 6.54 Å². The van der Waals surface area contributed by atoms with Crippen LogP contribution in [0.3, 0.4) is 0 Å². The highest BCUT2D eigenvalue weighted by molar-refractivity contribution is 5.60. The van der Waals surface area contributed by atoms with Gasteiger partial charge in [-0.2, -0.15) is 0 Å². The highest BCUT2D eigenvalue weighted by Gasteiger charge is 2.09. The van der Waals surface area contributed by atoms with Crippen molar-refractivity contribution in [3.63, 3.8) is 0 Å². The molecule has 15 heavy (non-hydrogen) atoms. The Labute approximate surface area is 86.7 Å². The summed E-state index contributed by atoms with van der Waals surface area (Å²) in [6.45, 7) is 0.503. The molecule has 2 rings (SSSR count). The number of hydrogen-bond acceptors (Lipinski definition) is 3.